The van der Waals surface area contributed by atoms with Gasteiger partial charge in [0.15, 0.2) is 12.4 Å². The zero-order chi connectivity index (χ0) is 16.1. The lowest BCUT2D eigenvalue weighted by molar-refractivity contribution is -0.118. The van der Waals surface area contributed by atoms with E-state index >= 15 is 0 Å². The molecule has 3 aromatic rings. The Labute approximate surface area is 133 Å². The molecule has 2 N–H and O–H groups in total. The van der Waals surface area contributed by atoms with E-state index in [4.69, 9.17) is 4.74 Å². The number of aryl methyl sites for hydroxylation is 1. The number of pyridine rings is 1. The molecule has 2 heterocycles. The molecule has 116 valence electrons. The van der Waals surface area contributed by atoms with E-state index in [1.54, 1.807) is 18.5 Å². The van der Waals surface area contributed by atoms with Crippen LogP contribution in [-0.2, 0) is 4.79 Å². The van der Waals surface area contributed by atoms with E-state index in [1.807, 2.05) is 43.3 Å². The van der Waals surface area contributed by atoms with E-state index in [0.29, 0.717) is 11.6 Å². The van der Waals surface area contributed by atoms with Crippen molar-refractivity contribution in [2.75, 3.05) is 11.9 Å². The molecule has 1 aromatic carbocycles. The zero-order valence-electron chi connectivity index (χ0n) is 12.6. The summed E-state index contributed by atoms with van der Waals surface area (Å²) in [5.41, 5.74) is 2.84. The Morgan fingerprint density at radius 3 is 2.83 bits per heavy atom. The molecule has 2 aromatic heterocycles. The summed E-state index contributed by atoms with van der Waals surface area (Å²) in [6, 6.07) is 13.0. The van der Waals surface area contributed by atoms with E-state index in [9.17, 15) is 4.79 Å². The van der Waals surface area contributed by atoms with E-state index < -0.39 is 0 Å². The number of ether oxygens (including phenoxy) is 1. The number of carbonyl (C=O) groups excluding carboxylic acids is 1. The fourth-order valence-electron chi connectivity index (χ4n) is 2.10. The van der Waals surface area contributed by atoms with Crippen LogP contribution in [0, 0.1) is 6.92 Å². The number of hydrogen-bond acceptors (Lipinski definition) is 4. The van der Waals surface area contributed by atoms with Crippen molar-refractivity contribution in [3.8, 4) is 17.0 Å². The molecule has 0 spiro atoms. The molecule has 23 heavy (non-hydrogen) atoms. The van der Waals surface area contributed by atoms with Gasteiger partial charge < -0.3 is 10.1 Å². The molecular weight excluding hydrogens is 292 g/mol. The molecule has 0 unspecified atom stereocenters. The van der Waals surface area contributed by atoms with Crippen LogP contribution < -0.4 is 10.1 Å². The monoisotopic (exact) mass is 308 g/mol. The van der Waals surface area contributed by atoms with E-state index in [2.05, 4.69) is 20.5 Å². The lowest BCUT2D eigenvalue weighted by Crippen LogP contribution is -2.20. The molecule has 0 saturated heterocycles. The lowest BCUT2D eigenvalue weighted by atomic mass is 10.2. The normalized spacial score (nSPS) is 10.3. The number of rotatable bonds is 5. The summed E-state index contributed by atoms with van der Waals surface area (Å²) >= 11 is 0. The summed E-state index contributed by atoms with van der Waals surface area (Å²) in [5.74, 6) is 0.855. The minimum atomic E-state index is -0.265. The van der Waals surface area contributed by atoms with Crippen molar-refractivity contribution in [1.29, 1.82) is 0 Å². The number of aromatic amines is 1. The van der Waals surface area contributed by atoms with Gasteiger partial charge in [0, 0.05) is 24.0 Å². The number of carbonyl (C=O) groups is 1. The Kier molecular flexibility index (Phi) is 4.33. The first-order valence-electron chi connectivity index (χ1n) is 7.16. The second-order valence-electron chi connectivity index (χ2n) is 5.06. The summed E-state index contributed by atoms with van der Waals surface area (Å²) in [4.78, 5) is 15.9. The number of nitrogens with zero attached hydrogens (tertiary/aromatic N) is 2. The molecule has 0 aliphatic carbocycles. The van der Waals surface area contributed by atoms with Crippen LogP contribution in [-0.4, -0.2) is 27.7 Å². The van der Waals surface area contributed by atoms with E-state index in [1.165, 1.54) is 0 Å². The van der Waals surface area contributed by atoms with Gasteiger partial charge in [0.1, 0.15) is 5.75 Å². The number of benzene rings is 1. The summed E-state index contributed by atoms with van der Waals surface area (Å²) < 4.78 is 5.45. The molecule has 6 heteroatoms. The van der Waals surface area contributed by atoms with Gasteiger partial charge in [-0.25, -0.2) is 0 Å². The van der Waals surface area contributed by atoms with Crippen LogP contribution >= 0.6 is 0 Å². The van der Waals surface area contributed by atoms with Crippen molar-refractivity contribution in [3.05, 3.63) is 60.4 Å². The van der Waals surface area contributed by atoms with Crippen molar-refractivity contribution in [2.24, 2.45) is 0 Å². The molecule has 0 saturated carbocycles. The number of aromatic nitrogens is 3. The Balaban J connectivity index is 1.57. The number of amides is 1. The predicted octanol–water partition coefficient (Wildman–Crippen LogP) is 2.80. The highest BCUT2D eigenvalue weighted by molar-refractivity contribution is 5.91. The zero-order valence-corrected chi connectivity index (χ0v) is 12.6. The van der Waals surface area contributed by atoms with Crippen molar-refractivity contribution in [2.45, 2.75) is 6.92 Å². The van der Waals surface area contributed by atoms with Crippen molar-refractivity contribution >= 4 is 11.7 Å². The number of nitrogens with one attached hydrogen (secondary N) is 2. The van der Waals surface area contributed by atoms with Crippen LogP contribution in [0.25, 0.3) is 11.3 Å². The third kappa shape index (κ3) is 3.94. The van der Waals surface area contributed by atoms with Gasteiger partial charge in [-0.05, 0) is 36.8 Å². The van der Waals surface area contributed by atoms with Gasteiger partial charge in [-0.1, -0.05) is 12.1 Å². The Bertz CT molecular complexity index is 799. The van der Waals surface area contributed by atoms with Crippen LogP contribution in [0.4, 0.5) is 5.82 Å². The minimum Gasteiger partial charge on any atom is -0.484 e. The van der Waals surface area contributed by atoms with Crippen LogP contribution in [0.15, 0.2) is 54.9 Å². The molecule has 1 amide bonds. The highest BCUT2D eigenvalue weighted by Gasteiger charge is 2.08. The minimum absolute atomic E-state index is 0.0685. The molecule has 0 atom stereocenters. The molecule has 3 rings (SSSR count). The van der Waals surface area contributed by atoms with Crippen LogP contribution in [0.5, 0.6) is 5.75 Å². The molecule has 0 aliphatic rings. The summed E-state index contributed by atoms with van der Waals surface area (Å²) in [6.45, 7) is 1.90. The second-order valence-corrected chi connectivity index (χ2v) is 5.06. The van der Waals surface area contributed by atoms with Crippen molar-refractivity contribution < 1.29 is 9.53 Å². The fourth-order valence-corrected chi connectivity index (χ4v) is 2.10. The fraction of sp³-hybridized carbons (Fsp3) is 0.118. The summed E-state index contributed by atoms with van der Waals surface area (Å²) in [5, 5.41) is 9.64. The van der Waals surface area contributed by atoms with Gasteiger partial charge in [0.05, 0.1) is 5.69 Å². The van der Waals surface area contributed by atoms with Crippen molar-refractivity contribution in [1.82, 2.24) is 15.2 Å². The topological polar surface area (TPSA) is 79.9 Å². The average Bonchev–Trinajstić information content (AvgIpc) is 3.02. The first-order valence-corrected chi connectivity index (χ1v) is 7.16. The second kappa shape index (κ2) is 6.74. The number of anilines is 1. The standard InChI is InChI=1S/C17H16N4O2/c1-12-3-2-4-14(9-12)23-11-17(22)19-16-10-15(20-21-16)13-5-7-18-8-6-13/h2-10H,11H2,1H3,(H2,19,20,21,22). The highest BCUT2D eigenvalue weighted by atomic mass is 16.5. The van der Waals surface area contributed by atoms with Crippen LogP contribution in [0.3, 0.4) is 0 Å². The SMILES string of the molecule is Cc1cccc(OCC(=O)Nc2cc(-c3ccncc3)[nH]n2)c1. The quantitative estimate of drug-likeness (QED) is 0.759. The smallest absolute Gasteiger partial charge is 0.263 e. The van der Waals surface area contributed by atoms with Gasteiger partial charge >= 0.3 is 0 Å². The van der Waals surface area contributed by atoms with Crippen LogP contribution in [0.1, 0.15) is 5.56 Å². The molecule has 0 radical (unpaired) electrons. The molecule has 0 aliphatic heterocycles. The van der Waals surface area contributed by atoms with Gasteiger partial charge in [-0.15, -0.1) is 0 Å². The van der Waals surface area contributed by atoms with E-state index in [-0.39, 0.29) is 12.5 Å². The van der Waals surface area contributed by atoms with Crippen LogP contribution in [0.2, 0.25) is 0 Å². The van der Waals surface area contributed by atoms with Gasteiger partial charge in [-0.3, -0.25) is 14.9 Å². The van der Waals surface area contributed by atoms with Crippen molar-refractivity contribution in [3.63, 3.8) is 0 Å². The maximum atomic E-state index is 11.9. The largest absolute Gasteiger partial charge is 0.484 e. The Morgan fingerprint density at radius 2 is 2.04 bits per heavy atom. The molecule has 0 fully saturated rings. The first kappa shape index (κ1) is 14.8. The summed E-state index contributed by atoms with van der Waals surface area (Å²) in [7, 11) is 0. The third-order valence-corrected chi connectivity index (χ3v) is 3.20. The predicted molar refractivity (Wildman–Crippen MR) is 87.1 cm³/mol. The highest BCUT2D eigenvalue weighted by Crippen LogP contribution is 2.18. The Hall–Kier alpha value is -3.15. The summed E-state index contributed by atoms with van der Waals surface area (Å²) in [6.07, 6.45) is 3.40. The molecular formula is C17H16N4O2. The molecule has 6 nitrogen and oxygen atoms in total. The Morgan fingerprint density at radius 1 is 1.22 bits per heavy atom. The van der Waals surface area contributed by atoms with Gasteiger partial charge in [0.25, 0.3) is 5.91 Å². The van der Waals surface area contributed by atoms with Gasteiger partial charge in [-0.2, -0.15) is 5.10 Å². The lowest BCUT2D eigenvalue weighted by Gasteiger charge is -2.06. The first-order chi connectivity index (χ1) is 11.2. The number of hydrogen-bond donors (Lipinski definition) is 2. The van der Waals surface area contributed by atoms with Gasteiger partial charge in [0.2, 0.25) is 0 Å². The maximum absolute atomic E-state index is 11.9. The van der Waals surface area contributed by atoms with E-state index in [0.717, 1.165) is 16.8 Å². The number of H-pyrrole nitrogens is 1. The molecule has 0 bridgehead atoms. The maximum Gasteiger partial charge on any atom is 0.263 e. The third-order valence-electron chi connectivity index (χ3n) is 3.20. The average molecular weight is 308 g/mol.